The molecule has 1 aromatic heterocycles. The Labute approximate surface area is 244 Å². The van der Waals surface area contributed by atoms with Crippen molar-refractivity contribution in [2.24, 2.45) is 4.99 Å². The second kappa shape index (κ2) is 12.7. The topological polar surface area (TPSA) is 97.6 Å². The van der Waals surface area contributed by atoms with Crippen molar-refractivity contribution in [3.8, 4) is 23.0 Å². The Morgan fingerprint density at radius 2 is 1.80 bits per heavy atom. The molecule has 0 amide bonds. The van der Waals surface area contributed by atoms with E-state index in [2.05, 4.69) is 15.9 Å². The molecule has 9 nitrogen and oxygen atoms in total. The molecule has 2 heterocycles. The summed E-state index contributed by atoms with van der Waals surface area (Å²) in [6.07, 6.45) is 3.05. The fourth-order valence-electron chi connectivity index (χ4n) is 4.64. The van der Waals surface area contributed by atoms with Crippen LogP contribution in [0.25, 0.3) is 6.08 Å². The van der Waals surface area contributed by atoms with Gasteiger partial charge in [-0.25, -0.2) is 9.79 Å². The zero-order valence-corrected chi connectivity index (χ0v) is 25.6. The van der Waals surface area contributed by atoms with Gasteiger partial charge in [0.05, 0.1) is 55.3 Å². The molecule has 1 aliphatic rings. The van der Waals surface area contributed by atoms with Gasteiger partial charge in [-0.15, -0.1) is 0 Å². The highest BCUT2D eigenvalue weighted by Crippen LogP contribution is 2.39. The minimum Gasteiger partial charge on any atom is -0.497 e. The smallest absolute Gasteiger partial charge is 0.338 e. The number of halogens is 1. The zero-order chi connectivity index (χ0) is 29.0. The maximum atomic E-state index is 14.1. The van der Waals surface area contributed by atoms with E-state index in [1.54, 1.807) is 65.7 Å². The van der Waals surface area contributed by atoms with Crippen LogP contribution in [0.4, 0.5) is 0 Å². The predicted molar refractivity (Wildman–Crippen MR) is 156 cm³/mol. The molecule has 0 saturated heterocycles. The van der Waals surface area contributed by atoms with E-state index in [0.29, 0.717) is 60.1 Å². The van der Waals surface area contributed by atoms with Crippen LogP contribution in [-0.2, 0) is 9.53 Å². The molecule has 11 heteroatoms. The minimum atomic E-state index is -0.832. The van der Waals surface area contributed by atoms with Gasteiger partial charge in [-0.2, -0.15) is 0 Å². The first-order chi connectivity index (χ1) is 19.3. The van der Waals surface area contributed by atoms with Gasteiger partial charge in [0.25, 0.3) is 5.56 Å². The van der Waals surface area contributed by atoms with Crippen LogP contribution in [0.2, 0.25) is 0 Å². The quantitative estimate of drug-likeness (QED) is 0.307. The van der Waals surface area contributed by atoms with Crippen molar-refractivity contribution in [2.75, 3.05) is 35.0 Å². The van der Waals surface area contributed by atoms with E-state index >= 15 is 0 Å². The third-order valence-electron chi connectivity index (χ3n) is 6.38. The highest BCUT2D eigenvalue weighted by Gasteiger charge is 2.36. The Morgan fingerprint density at radius 1 is 1.05 bits per heavy atom. The highest BCUT2D eigenvalue weighted by molar-refractivity contribution is 9.10. The fourth-order valence-corrected chi connectivity index (χ4v) is 6.28. The average Bonchev–Trinajstić information content (AvgIpc) is 3.25. The lowest BCUT2D eigenvalue weighted by molar-refractivity contribution is -0.139. The third kappa shape index (κ3) is 5.53. The maximum Gasteiger partial charge on any atom is 0.338 e. The molecule has 0 unspecified atom stereocenters. The molecular formula is C29H31BrN2O7S. The number of ether oxygens (including phenoxy) is 5. The molecule has 2 aromatic carbocycles. The summed E-state index contributed by atoms with van der Waals surface area (Å²) >= 11 is 4.76. The molecule has 0 bridgehead atoms. The standard InChI is InChI=1S/C29H31BrN2O7S/c1-7-9-20-24(28(34)39-8-2)25(18-15-17(35-3)10-11-21(18)36-4)32-27(33)23(40-29(32)31-20)14-16-12-19(30)26(38-6)22(13-16)37-5/h10-15,25H,7-9H2,1-6H3/b23-14-/t25-/m0/s1. The van der Waals surface area contributed by atoms with Crippen molar-refractivity contribution >= 4 is 39.3 Å². The summed E-state index contributed by atoms with van der Waals surface area (Å²) in [6.45, 7) is 3.94. The predicted octanol–water partition coefficient (Wildman–Crippen LogP) is 4.38. The summed E-state index contributed by atoms with van der Waals surface area (Å²) in [7, 11) is 6.21. The Balaban J connectivity index is 2.05. The molecule has 1 aliphatic heterocycles. The molecule has 0 spiro atoms. The van der Waals surface area contributed by atoms with Gasteiger partial charge in [0.1, 0.15) is 17.5 Å². The van der Waals surface area contributed by atoms with Crippen molar-refractivity contribution in [2.45, 2.75) is 32.7 Å². The second-order valence-electron chi connectivity index (χ2n) is 8.76. The molecule has 0 N–H and O–H groups in total. The number of esters is 1. The van der Waals surface area contributed by atoms with Crippen molar-refractivity contribution in [3.63, 3.8) is 0 Å². The molecule has 4 rings (SSSR count). The van der Waals surface area contributed by atoms with Crippen LogP contribution in [0.15, 0.2) is 55.9 Å². The first-order valence-corrected chi connectivity index (χ1v) is 14.3. The number of aromatic nitrogens is 1. The Hall–Kier alpha value is -3.57. The van der Waals surface area contributed by atoms with Crippen molar-refractivity contribution < 1.29 is 28.5 Å². The monoisotopic (exact) mass is 630 g/mol. The van der Waals surface area contributed by atoms with E-state index in [0.717, 1.165) is 12.0 Å². The van der Waals surface area contributed by atoms with Gasteiger partial charge in [-0.1, -0.05) is 24.7 Å². The molecule has 0 radical (unpaired) electrons. The summed E-state index contributed by atoms with van der Waals surface area (Å²) < 4.78 is 30.2. The van der Waals surface area contributed by atoms with E-state index < -0.39 is 12.0 Å². The molecule has 40 heavy (non-hydrogen) atoms. The number of fused-ring (bicyclic) bond motifs is 1. The number of carbonyl (C=O) groups excluding carboxylic acids is 1. The average molecular weight is 632 g/mol. The lowest BCUT2D eigenvalue weighted by atomic mass is 9.93. The number of hydrogen-bond acceptors (Lipinski definition) is 9. The van der Waals surface area contributed by atoms with Gasteiger partial charge >= 0.3 is 5.97 Å². The SMILES string of the molecule is CCCC1=C(C(=O)OCC)[C@H](c2cc(OC)ccc2OC)n2c(s/c(=C\c3cc(Br)c(OC)c(OC)c3)c2=O)=N1. The molecule has 0 aliphatic carbocycles. The van der Waals surface area contributed by atoms with Gasteiger partial charge in [-0.05, 0) is 71.2 Å². The Kier molecular flexibility index (Phi) is 9.36. The van der Waals surface area contributed by atoms with Crippen LogP contribution in [0, 0.1) is 0 Å². The van der Waals surface area contributed by atoms with Gasteiger partial charge in [0.2, 0.25) is 0 Å². The summed E-state index contributed by atoms with van der Waals surface area (Å²) in [6, 6.07) is 8.10. The fraction of sp³-hybridized carbons (Fsp3) is 0.345. The first-order valence-electron chi connectivity index (χ1n) is 12.7. The Bertz CT molecular complexity index is 1640. The van der Waals surface area contributed by atoms with Crippen LogP contribution >= 0.6 is 27.3 Å². The van der Waals surface area contributed by atoms with Crippen LogP contribution in [0.1, 0.15) is 43.9 Å². The lowest BCUT2D eigenvalue weighted by Crippen LogP contribution is -2.40. The van der Waals surface area contributed by atoms with Crippen molar-refractivity contribution in [1.29, 1.82) is 0 Å². The van der Waals surface area contributed by atoms with E-state index in [1.807, 2.05) is 13.0 Å². The van der Waals surface area contributed by atoms with Gasteiger partial charge in [-0.3, -0.25) is 9.36 Å². The van der Waals surface area contributed by atoms with Gasteiger partial charge in [0.15, 0.2) is 16.3 Å². The van der Waals surface area contributed by atoms with Gasteiger partial charge < -0.3 is 23.7 Å². The minimum absolute atomic E-state index is 0.183. The van der Waals surface area contributed by atoms with E-state index in [9.17, 15) is 9.59 Å². The largest absolute Gasteiger partial charge is 0.497 e. The van der Waals surface area contributed by atoms with Crippen LogP contribution in [0.3, 0.4) is 0 Å². The van der Waals surface area contributed by atoms with Crippen molar-refractivity contribution in [3.05, 3.63) is 76.9 Å². The first kappa shape index (κ1) is 29.4. The number of rotatable bonds is 10. The Morgan fingerprint density at radius 3 is 2.42 bits per heavy atom. The summed E-state index contributed by atoms with van der Waals surface area (Å²) in [5.74, 6) is 1.61. The molecule has 1 atom stereocenters. The lowest BCUT2D eigenvalue weighted by Gasteiger charge is -2.27. The van der Waals surface area contributed by atoms with Gasteiger partial charge in [0, 0.05) is 5.56 Å². The summed E-state index contributed by atoms with van der Waals surface area (Å²) in [4.78, 5) is 32.8. The number of thiazole rings is 1. The van der Waals surface area contributed by atoms with Crippen molar-refractivity contribution in [1.82, 2.24) is 4.57 Å². The normalized spacial score (nSPS) is 14.9. The molecule has 3 aromatic rings. The highest BCUT2D eigenvalue weighted by atomic mass is 79.9. The number of methoxy groups -OCH3 is 4. The summed E-state index contributed by atoms with van der Waals surface area (Å²) in [5, 5.41) is 0. The third-order valence-corrected chi connectivity index (χ3v) is 7.95. The number of carbonyl (C=O) groups is 1. The van der Waals surface area contributed by atoms with Crippen LogP contribution in [-0.4, -0.2) is 45.6 Å². The van der Waals surface area contributed by atoms with E-state index in [-0.39, 0.29) is 12.2 Å². The van der Waals surface area contributed by atoms with E-state index in [4.69, 9.17) is 28.7 Å². The van der Waals surface area contributed by atoms with E-state index in [1.165, 1.54) is 15.9 Å². The second-order valence-corrected chi connectivity index (χ2v) is 10.6. The number of nitrogens with zero attached hydrogens (tertiary/aromatic N) is 2. The number of hydrogen-bond donors (Lipinski definition) is 0. The zero-order valence-electron chi connectivity index (χ0n) is 23.2. The van der Waals surface area contributed by atoms with Crippen LogP contribution < -0.4 is 33.8 Å². The molecule has 212 valence electrons. The van der Waals surface area contributed by atoms with Crippen LogP contribution in [0.5, 0.6) is 23.0 Å². The molecular weight excluding hydrogens is 600 g/mol. The number of benzene rings is 2. The molecule has 0 saturated carbocycles. The molecule has 0 fully saturated rings. The summed E-state index contributed by atoms with van der Waals surface area (Å²) in [5.41, 5.74) is 1.90. The number of allylic oxidation sites excluding steroid dienone is 1. The maximum absolute atomic E-state index is 14.1.